The van der Waals surface area contributed by atoms with Crippen molar-refractivity contribution >= 4 is 29.9 Å². The smallest absolute Gasteiger partial charge is 0.381 e. The first-order chi connectivity index (χ1) is 14.3. The highest BCUT2D eigenvalue weighted by Gasteiger charge is 2.37. The molecule has 1 aliphatic heterocycles. The molecule has 0 amide bonds. The molecule has 1 aromatic carbocycles. The number of nitrogens with zero attached hydrogens (tertiary/aromatic N) is 4. The summed E-state index contributed by atoms with van der Waals surface area (Å²) >= 11 is 0. The van der Waals surface area contributed by atoms with Gasteiger partial charge in [0.15, 0.2) is 5.96 Å². The van der Waals surface area contributed by atoms with E-state index in [1.807, 2.05) is 6.92 Å². The van der Waals surface area contributed by atoms with E-state index in [2.05, 4.69) is 25.7 Å². The lowest BCUT2D eigenvalue weighted by atomic mass is 9.73. The minimum atomic E-state index is -4.37. The van der Waals surface area contributed by atoms with Crippen LogP contribution >= 0.6 is 24.0 Å². The van der Waals surface area contributed by atoms with E-state index in [4.69, 9.17) is 4.74 Å². The van der Waals surface area contributed by atoms with Gasteiger partial charge >= 0.3 is 6.18 Å². The predicted molar refractivity (Wildman–Crippen MR) is 122 cm³/mol. The van der Waals surface area contributed by atoms with Gasteiger partial charge in [0, 0.05) is 38.8 Å². The van der Waals surface area contributed by atoms with Gasteiger partial charge in [-0.05, 0) is 31.4 Å². The number of nitrogens with one attached hydrogen (secondary N) is 2. The second-order valence-corrected chi connectivity index (χ2v) is 7.32. The van der Waals surface area contributed by atoms with Gasteiger partial charge in [-0.25, -0.2) is 9.98 Å². The van der Waals surface area contributed by atoms with Crippen LogP contribution in [0.2, 0.25) is 0 Å². The second kappa shape index (κ2) is 11.1. The maximum Gasteiger partial charge on any atom is 0.416 e. The number of rotatable bonds is 6. The molecule has 172 valence electrons. The molecule has 2 N–H and O–H groups in total. The van der Waals surface area contributed by atoms with Gasteiger partial charge in [0.2, 0.25) is 0 Å². The molecule has 2 aromatic rings. The normalized spacial score (nSPS) is 16.5. The third-order valence-electron chi connectivity index (χ3n) is 5.37. The van der Waals surface area contributed by atoms with E-state index in [0.717, 1.165) is 6.07 Å². The zero-order valence-electron chi connectivity index (χ0n) is 17.6. The summed E-state index contributed by atoms with van der Waals surface area (Å²) in [4.78, 5) is 8.70. The summed E-state index contributed by atoms with van der Waals surface area (Å²) in [7, 11) is 1.79. The molecule has 0 bridgehead atoms. The standard InChI is InChI=1S/C20H27F3N6O.HI/c1-3-24-18(25-12-17-27-14-28-29(17)2)26-13-19(7-9-30-10-8-19)15-5-4-6-16(11-15)20(21,22)23;/h4-6,11,14H,3,7-10,12-13H2,1-2H3,(H2,24,25,26);1H. The fourth-order valence-corrected chi connectivity index (χ4v) is 3.56. The number of benzene rings is 1. The number of hydrogen-bond donors (Lipinski definition) is 2. The monoisotopic (exact) mass is 552 g/mol. The summed E-state index contributed by atoms with van der Waals surface area (Å²) in [6.07, 6.45) is -1.65. The fourth-order valence-electron chi connectivity index (χ4n) is 3.56. The van der Waals surface area contributed by atoms with Gasteiger partial charge in [-0.2, -0.15) is 18.3 Å². The van der Waals surface area contributed by atoms with Crippen LogP contribution in [0, 0.1) is 0 Å². The van der Waals surface area contributed by atoms with Gasteiger partial charge in [0.1, 0.15) is 18.7 Å². The lowest BCUT2D eigenvalue weighted by molar-refractivity contribution is -0.137. The predicted octanol–water partition coefficient (Wildman–Crippen LogP) is 3.26. The van der Waals surface area contributed by atoms with Gasteiger partial charge in [-0.3, -0.25) is 4.68 Å². The summed E-state index contributed by atoms with van der Waals surface area (Å²) in [5.74, 6) is 1.30. The molecular weight excluding hydrogens is 524 g/mol. The Bertz CT molecular complexity index is 865. The van der Waals surface area contributed by atoms with Crippen LogP contribution in [-0.2, 0) is 29.9 Å². The first-order valence-corrected chi connectivity index (χ1v) is 9.94. The highest BCUT2D eigenvalue weighted by atomic mass is 127. The van der Waals surface area contributed by atoms with E-state index in [1.54, 1.807) is 17.8 Å². The Morgan fingerprint density at radius 2 is 2.00 bits per heavy atom. The Balaban J connectivity index is 0.00000341. The third-order valence-corrected chi connectivity index (χ3v) is 5.37. The maximum atomic E-state index is 13.3. The summed E-state index contributed by atoms with van der Waals surface area (Å²) in [6.45, 7) is 4.41. The minimum absolute atomic E-state index is 0. The molecule has 1 saturated heterocycles. The maximum absolute atomic E-state index is 13.3. The molecule has 31 heavy (non-hydrogen) atoms. The van der Waals surface area contributed by atoms with E-state index < -0.39 is 17.2 Å². The van der Waals surface area contributed by atoms with Crippen LogP contribution in [0.3, 0.4) is 0 Å². The molecule has 7 nitrogen and oxygen atoms in total. The van der Waals surface area contributed by atoms with Crippen molar-refractivity contribution < 1.29 is 17.9 Å². The Labute approximate surface area is 196 Å². The van der Waals surface area contributed by atoms with Crippen molar-refractivity contribution in [2.75, 3.05) is 26.3 Å². The number of hydrogen-bond acceptors (Lipinski definition) is 4. The molecule has 3 rings (SSSR count). The molecular formula is C20H28F3IN6O. The highest BCUT2D eigenvalue weighted by Crippen LogP contribution is 2.37. The van der Waals surface area contributed by atoms with Crippen LogP contribution in [0.4, 0.5) is 13.2 Å². The average Bonchev–Trinajstić information content (AvgIpc) is 3.15. The molecule has 1 aromatic heterocycles. The van der Waals surface area contributed by atoms with Crippen molar-refractivity contribution in [3.05, 3.63) is 47.5 Å². The van der Waals surface area contributed by atoms with Crippen molar-refractivity contribution in [3.8, 4) is 0 Å². The van der Waals surface area contributed by atoms with Crippen molar-refractivity contribution in [1.29, 1.82) is 0 Å². The van der Waals surface area contributed by atoms with Crippen LogP contribution in [0.1, 0.15) is 36.7 Å². The summed E-state index contributed by atoms with van der Waals surface area (Å²) < 4.78 is 46.9. The molecule has 1 aliphatic rings. The molecule has 0 unspecified atom stereocenters. The molecule has 2 heterocycles. The van der Waals surface area contributed by atoms with Gasteiger partial charge in [0.05, 0.1) is 5.56 Å². The Morgan fingerprint density at radius 3 is 2.61 bits per heavy atom. The summed E-state index contributed by atoms with van der Waals surface area (Å²) in [5, 5.41) is 10.5. The number of alkyl halides is 3. The number of aromatic nitrogens is 3. The minimum Gasteiger partial charge on any atom is -0.381 e. The van der Waals surface area contributed by atoms with Crippen molar-refractivity contribution in [2.24, 2.45) is 12.0 Å². The second-order valence-electron chi connectivity index (χ2n) is 7.32. The summed E-state index contributed by atoms with van der Waals surface area (Å²) in [5.41, 5.74) is -0.438. The number of aryl methyl sites for hydroxylation is 1. The lowest BCUT2D eigenvalue weighted by Gasteiger charge is -2.38. The Hall–Kier alpha value is -1.89. The van der Waals surface area contributed by atoms with Crippen LogP contribution in [0.25, 0.3) is 0 Å². The number of halogens is 4. The molecule has 11 heteroatoms. The lowest BCUT2D eigenvalue weighted by Crippen LogP contribution is -2.48. The van der Waals surface area contributed by atoms with E-state index >= 15 is 0 Å². The Kier molecular flexibility index (Phi) is 9.10. The van der Waals surface area contributed by atoms with Gasteiger partial charge in [-0.15, -0.1) is 24.0 Å². The quantitative estimate of drug-likeness (QED) is 0.327. The fraction of sp³-hybridized carbons (Fsp3) is 0.550. The van der Waals surface area contributed by atoms with Gasteiger partial charge < -0.3 is 15.4 Å². The van der Waals surface area contributed by atoms with E-state index in [1.165, 1.54) is 18.5 Å². The van der Waals surface area contributed by atoms with Crippen LogP contribution in [-0.4, -0.2) is 47.0 Å². The zero-order chi connectivity index (χ0) is 21.6. The number of ether oxygens (including phenoxy) is 1. The Morgan fingerprint density at radius 1 is 1.26 bits per heavy atom. The zero-order valence-corrected chi connectivity index (χ0v) is 19.9. The largest absolute Gasteiger partial charge is 0.416 e. The molecule has 1 fully saturated rings. The molecule has 0 atom stereocenters. The topological polar surface area (TPSA) is 76.4 Å². The molecule has 0 spiro atoms. The average molecular weight is 552 g/mol. The first-order valence-electron chi connectivity index (χ1n) is 9.94. The van der Waals surface area contributed by atoms with Crippen molar-refractivity contribution in [2.45, 2.75) is 37.9 Å². The molecule has 0 aliphatic carbocycles. The number of guanidine groups is 1. The SMILES string of the molecule is CCNC(=NCc1ncnn1C)NCC1(c2cccc(C(F)(F)F)c2)CCOCC1.I. The van der Waals surface area contributed by atoms with E-state index in [0.29, 0.717) is 63.0 Å². The van der Waals surface area contributed by atoms with Crippen LogP contribution < -0.4 is 10.6 Å². The van der Waals surface area contributed by atoms with Crippen molar-refractivity contribution in [3.63, 3.8) is 0 Å². The highest BCUT2D eigenvalue weighted by molar-refractivity contribution is 14.0. The number of aliphatic imine (C=N–C) groups is 1. The molecule has 0 radical (unpaired) electrons. The van der Waals surface area contributed by atoms with E-state index in [-0.39, 0.29) is 24.0 Å². The van der Waals surface area contributed by atoms with Crippen LogP contribution in [0.5, 0.6) is 0 Å². The van der Waals surface area contributed by atoms with Crippen LogP contribution in [0.15, 0.2) is 35.6 Å². The summed E-state index contributed by atoms with van der Waals surface area (Å²) in [6, 6.07) is 5.61. The molecule has 0 saturated carbocycles. The van der Waals surface area contributed by atoms with E-state index in [9.17, 15) is 13.2 Å². The first kappa shape index (κ1) is 25.4. The third kappa shape index (κ3) is 6.55. The van der Waals surface area contributed by atoms with Gasteiger partial charge in [-0.1, -0.05) is 18.2 Å². The van der Waals surface area contributed by atoms with Gasteiger partial charge in [0.25, 0.3) is 0 Å². The van der Waals surface area contributed by atoms with Crippen molar-refractivity contribution in [1.82, 2.24) is 25.4 Å².